The SMILES string of the molecule is O=C(Nc1cnn2cccnc12)C1CCCC2CCCCC21. The molecule has 1 N–H and O–H groups in total. The predicted molar refractivity (Wildman–Crippen MR) is 84.4 cm³/mol. The van der Waals surface area contributed by atoms with Crippen LogP contribution < -0.4 is 5.32 Å². The summed E-state index contributed by atoms with van der Waals surface area (Å²) in [4.78, 5) is 17.1. The van der Waals surface area contributed by atoms with E-state index in [4.69, 9.17) is 0 Å². The van der Waals surface area contributed by atoms with Crippen molar-refractivity contribution < 1.29 is 4.79 Å². The van der Waals surface area contributed by atoms with Crippen LogP contribution in [-0.2, 0) is 4.79 Å². The van der Waals surface area contributed by atoms with Gasteiger partial charge in [-0.2, -0.15) is 5.10 Å². The van der Waals surface area contributed by atoms with Crippen LogP contribution in [0.15, 0.2) is 24.7 Å². The highest BCUT2D eigenvalue weighted by Crippen LogP contribution is 2.44. The Balaban J connectivity index is 1.53. The van der Waals surface area contributed by atoms with Crippen LogP contribution in [0.2, 0.25) is 0 Å². The van der Waals surface area contributed by atoms with Crippen LogP contribution in [0.5, 0.6) is 0 Å². The van der Waals surface area contributed by atoms with Gasteiger partial charge in [0.1, 0.15) is 5.69 Å². The number of fused-ring (bicyclic) bond motifs is 2. The Kier molecular flexibility index (Phi) is 3.56. The standard InChI is InChI=1S/C17H22N4O/c22-17(14-8-3-6-12-5-1-2-7-13(12)14)20-15-11-19-21-10-4-9-18-16(15)21/h4,9-14H,1-3,5-8H2,(H,20,22). The van der Waals surface area contributed by atoms with Gasteiger partial charge in [0.25, 0.3) is 0 Å². The van der Waals surface area contributed by atoms with Gasteiger partial charge in [0.05, 0.1) is 6.20 Å². The van der Waals surface area contributed by atoms with E-state index in [2.05, 4.69) is 15.4 Å². The smallest absolute Gasteiger partial charge is 0.227 e. The Morgan fingerprint density at radius 2 is 2.05 bits per heavy atom. The molecule has 22 heavy (non-hydrogen) atoms. The molecule has 2 aromatic rings. The number of aromatic nitrogens is 3. The molecule has 0 bridgehead atoms. The van der Waals surface area contributed by atoms with E-state index in [1.165, 1.54) is 38.5 Å². The molecule has 2 aliphatic carbocycles. The van der Waals surface area contributed by atoms with E-state index in [0.29, 0.717) is 11.6 Å². The first-order valence-corrected chi connectivity index (χ1v) is 8.42. The number of carbonyl (C=O) groups is 1. The topological polar surface area (TPSA) is 59.3 Å². The molecular weight excluding hydrogens is 276 g/mol. The maximum absolute atomic E-state index is 12.8. The van der Waals surface area contributed by atoms with Gasteiger partial charge < -0.3 is 5.32 Å². The second-order valence-electron chi connectivity index (χ2n) is 6.68. The largest absolute Gasteiger partial charge is 0.321 e. The second kappa shape index (κ2) is 5.71. The maximum Gasteiger partial charge on any atom is 0.227 e. The van der Waals surface area contributed by atoms with Crippen molar-refractivity contribution >= 4 is 17.2 Å². The van der Waals surface area contributed by atoms with E-state index in [9.17, 15) is 4.79 Å². The molecule has 116 valence electrons. The molecule has 2 aliphatic rings. The van der Waals surface area contributed by atoms with Gasteiger partial charge in [-0.1, -0.05) is 32.1 Å². The minimum atomic E-state index is 0.164. The average molecular weight is 298 g/mol. The summed E-state index contributed by atoms with van der Waals surface area (Å²) in [6.07, 6.45) is 13.9. The Bertz CT molecular complexity index is 678. The third kappa shape index (κ3) is 2.38. The Labute approximate surface area is 130 Å². The van der Waals surface area contributed by atoms with E-state index in [1.54, 1.807) is 16.9 Å². The predicted octanol–water partition coefficient (Wildman–Crippen LogP) is 3.27. The average Bonchev–Trinajstić information content (AvgIpc) is 2.97. The summed E-state index contributed by atoms with van der Waals surface area (Å²) in [6.45, 7) is 0. The Hall–Kier alpha value is -1.91. The highest BCUT2D eigenvalue weighted by Gasteiger charge is 2.38. The Morgan fingerprint density at radius 1 is 1.18 bits per heavy atom. The summed E-state index contributed by atoms with van der Waals surface area (Å²) in [5.41, 5.74) is 1.44. The highest BCUT2D eigenvalue weighted by molar-refractivity contribution is 5.95. The van der Waals surface area contributed by atoms with Crippen LogP contribution >= 0.6 is 0 Å². The van der Waals surface area contributed by atoms with Crippen LogP contribution in [0.4, 0.5) is 5.69 Å². The molecule has 0 aliphatic heterocycles. The lowest BCUT2D eigenvalue weighted by Gasteiger charge is -2.40. The molecular formula is C17H22N4O. The Morgan fingerprint density at radius 3 is 3.00 bits per heavy atom. The van der Waals surface area contributed by atoms with Gasteiger partial charge in [-0.3, -0.25) is 4.79 Å². The lowest BCUT2D eigenvalue weighted by atomic mass is 9.65. The van der Waals surface area contributed by atoms with Crippen LogP contribution in [-0.4, -0.2) is 20.5 Å². The number of anilines is 1. The van der Waals surface area contributed by atoms with E-state index >= 15 is 0 Å². The number of hydrogen-bond acceptors (Lipinski definition) is 3. The summed E-state index contributed by atoms with van der Waals surface area (Å²) in [5, 5.41) is 7.32. The van der Waals surface area contributed by atoms with Gasteiger partial charge in [-0.25, -0.2) is 9.50 Å². The van der Waals surface area contributed by atoms with Gasteiger partial charge in [0, 0.05) is 18.3 Å². The molecule has 0 radical (unpaired) electrons. The lowest BCUT2D eigenvalue weighted by molar-refractivity contribution is -0.124. The normalized spacial score (nSPS) is 28.3. The molecule has 3 unspecified atom stereocenters. The third-order valence-electron chi connectivity index (χ3n) is 5.45. The van der Waals surface area contributed by atoms with Crippen molar-refractivity contribution in [3.05, 3.63) is 24.7 Å². The highest BCUT2D eigenvalue weighted by atomic mass is 16.1. The van der Waals surface area contributed by atoms with Crippen molar-refractivity contribution in [3.8, 4) is 0 Å². The zero-order valence-corrected chi connectivity index (χ0v) is 12.7. The first-order valence-electron chi connectivity index (χ1n) is 8.42. The van der Waals surface area contributed by atoms with Crippen molar-refractivity contribution in [2.75, 3.05) is 5.32 Å². The molecule has 2 heterocycles. The van der Waals surface area contributed by atoms with Crippen LogP contribution in [0.25, 0.3) is 5.65 Å². The molecule has 2 aromatic heterocycles. The number of nitrogens with zero attached hydrogens (tertiary/aromatic N) is 3. The molecule has 4 rings (SSSR count). The first kappa shape index (κ1) is 13.7. The maximum atomic E-state index is 12.8. The summed E-state index contributed by atoms with van der Waals surface area (Å²) in [6, 6.07) is 1.83. The summed E-state index contributed by atoms with van der Waals surface area (Å²) in [7, 11) is 0. The summed E-state index contributed by atoms with van der Waals surface area (Å²) >= 11 is 0. The molecule has 2 saturated carbocycles. The molecule has 0 saturated heterocycles. The zero-order valence-electron chi connectivity index (χ0n) is 12.7. The molecule has 2 fully saturated rings. The molecule has 0 spiro atoms. The fraction of sp³-hybridized carbons (Fsp3) is 0.588. The van der Waals surface area contributed by atoms with Crippen molar-refractivity contribution in [2.45, 2.75) is 44.9 Å². The number of carbonyl (C=O) groups excluding carboxylic acids is 1. The quantitative estimate of drug-likeness (QED) is 0.925. The van der Waals surface area contributed by atoms with Crippen LogP contribution in [0.1, 0.15) is 44.9 Å². The minimum absolute atomic E-state index is 0.164. The van der Waals surface area contributed by atoms with E-state index in [1.807, 2.05) is 12.3 Å². The number of nitrogens with one attached hydrogen (secondary N) is 1. The summed E-state index contributed by atoms with van der Waals surface area (Å²) in [5.74, 6) is 1.67. The van der Waals surface area contributed by atoms with E-state index < -0.39 is 0 Å². The van der Waals surface area contributed by atoms with Crippen molar-refractivity contribution in [3.63, 3.8) is 0 Å². The summed E-state index contributed by atoms with van der Waals surface area (Å²) < 4.78 is 1.69. The van der Waals surface area contributed by atoms with Crippen molar-refractivity contribution in [1.82, 2.24) is 14.6 Å². The van der Waals surface area contributed by atoms with Gasteiger partial charge in [0.15, 0.2) is 5.65 Å². The van der Waals surface area contributed by atoms with E-state index in [0.717, 1.165) is 18.0 Å². The number of rotatable bonds is 2. The molecule has 1 amide bonds. The minimum Gasteiger partial charge on any atom is -0.321 e. The fourth-order valence-electron chi connectivity index (χ4n) is 4.40. The third-order valence-corrected chi connectivity index (χ3v) is 5.45. The van der Waals surface area contributed by atoms with Gasteiger partial charge in [0.2, 0.25) is 5.91 Å². The number of hydrogen-bond donors (Lipinski definition) is 1. The lowest BCUT2D eigenvalue weighted by Crippen LogP contribution is -2.38. The second-order valence-corrected chi connectivity index (χ2v) is 6.68. The van der Waals surface area contributed by atoms with E-state index in [-0.39, 0.29) is 11.8 Å². The van der Waals surface area contributed by atoms with Crippen molar-refractivity contribution in [2.24, 2.45) is 17.8 Å². The number of amides is 1. The zero-order chi connectivity index (χ0) is 14.9. The van der Waals surface area contributed by atoms with Crippen LogP contribution in [0.3, 0.4) is 0 Å². The van der Waals surface area contributed by atoms with Gasteiger partial charge in [-0.05, 0) is 30.7 Å². The van der Waals surface area contributed by atoms with Gasteiger partial charge in [-0.15, -0.1) is 0 Å². The van der Waals surface area contributed by atoms with Gasteiger partial charge >= 0.3 is 0 Å². The molecule has 0 aromatic carbocycles. The molecule has 5 heteroatoms. The monoisotopic (exact) mass is 298 g/mol. The molecule has 3 atom stereocenters. The molecule has 5 nitrogen and oxygen atoms in total. The van der Waals surface area contributed by atoms with Crippen molar-refractivity contribution in [1.29, 1.82) is 0 Å². The fourth-order valence-corrected chi connectivity index (χ4v) is 4.40. The van der Waals surface area contributed by atoms with Crippen LogP contribution in [0, 0.1) is 17.8 Å². The first-order chi connectivity index (χ1) is 10.8.